The smallest absolute Gasteiger partial charge is 0.254 e. The highest BCUT2D eigenvalue weighted by atomic mass is 79.9. The number of amides is 1. The maximum absolute atomic E-state index is 12.4. The van der Waals surface area contributed by atoms with Gasteiger partial charge in [-0.05, 0) is 43.5 Å². The zero-order valence-electron chi connectivity index (χ0n) is 9.95. The molecule has 90 valence electrons. The number of aryl methyl sites for hydroxylation is 1. The van der Waals surface area contributed by atoms with Gasteiger partial charge in [-0.1, -0.05) is 22.0 Å². The lowest BCUT2D eigenvalue weighted by atomic mass is 10.1. The largest absolute Gasteiger partial charge is 0.332 e. The van der Waals surface area contributed by atoms with Crippen molar-refractivity contribution in [3.05, 3.63) is 46.5 Å². The third kappa shape index (κ3) is 2.97. The number of hydrogen-bond donors (Lipinski definition) is 0. The SMILES string of the molecule is C=CCN(C(=O)c1cc(C)cc(Br)c1)C1CC1. The summed E-state index contributed by atoms with van der Waals surface area (Å²) in [7, 11) is 0. The molecule has 0 atom stereocenters. The monoisotopic (exact) mass is 293 g/mol. The number of hydrogen-bond acceptors (Lipinski definition) is 1. The summed E-state index contributed by atoms with van der Waals surface area (Å²) >= 11 is 3.43. The Morgan fingerprint density at radius 2 is 2.24 bits per heavy atom. The molecule has 0 bridgehead atoms. The van der Waals surface area contributed by atoms with Crippen LogP contribution < -0.4 is 0 Å². The second kappa shape index (κ2) is 5.05. The summed E-state index contributed by atoms with van der Waals surface area (Å²) in [5.74, 6) is 0.108. The van der Waals surface area contributed by atoms with E-state index in [9.17, 15) is 4.79 Å². The summed E-state index contributed by atoms with van der Waals surface area (Å²) in [5.41, 5.74) is 1.85. The van der Waals surface area contributed by atoms with Crippen molar-refractivity contribution in [2.24, 2.45) is 0 Å². The highest BCUT2D eigenvalue weighted by molar-refractivity contribution is 9.10. The van der Waals surface area contributed by atoms with E-state index in [1.54, 1.807) is 6.08 Å². The molecule has 0 saturated heterocycles. The van der Waals surface area contributed by atoms with Crippen molar-refractivity contribution in [2.75, 3.05) is 6.54 Å². The summed E-state index contributed by atoms with van der Waals surface area (Å²) in [5, 5.41) is 0. The molecule has 3 heteroatoms. The fraction of sp³-hybridized carbons (Fsp3) is 0.357. The van der Waals surface area contributed by atoms with Gasteiger partial charge in [-0.15, -0.1) is 6.58 Å². The second-order valence-electron chi connectivity index (χ2n) is 4.49. The molecule has 0 N–H and O–H groups in total. The van der Waals surface area contributed by atoms with E-state index in [4.69, 9.17) is 0 Å². The van der Waals surface area contributed by atoms with Crippen LogP contribution in [0, 0.1) is 6.92 Å². The number of nitrogens with zero attached hydrogens (tertiary/aromatic N) is 1. The summed E-state index contributed by atoms with van der Waals surface area (Å²) in [6.07, 6.45) is 4.03. The Kier molecular flexibility index (Phi) is 3.67. The van der Waals surface area contributed by atoms with Crippen LogP contribution in [0.4, 0.5) is 0 Å². The van der Waals surface area contributed by atoms with E-state index in [2.05, 4.69) is 22.5 Å². The quantitative estimate of drug-likeness (QED) is 0.778. The molecule has 1 aromatic carbocycles. The third-order valence-electron chi connectivity index (χ3n) is 2.86. The number of halogens is 1. The first-order valence-electron chi connectivity index (χ1n) is 5.81. The number of rotatable bonds is 4. The van der Waals surface area contributed by atoms with Crippen LogP contribution in [0.5, 0.6) is 0 Å². The van der Waals surface area contributed by atoms with Crippen LogP contribution in [0.25, 0.3) is 0 Å². The van der Waals surface area contributed by atoms with Crippen LogP contribution in [0.3, 0.4) is 0 Å². The molecule has 1 aromatic rings. The summed E-state index contributed by atoms with van der Waals surface area (Å²) < 4.78 is 0.954. The van der Waals surface area contributed by atoms with Crippen molar-refractivity contribution in [1.29, 1.82) is 0 Å². The minimum Gasteiger partial charge on any atom is -0.332 e. The van der Waals surface area contributed by atoms with E-state index in [1.165, 1.54) is 0 Å². The maximum Gasteiger partial charge on any atom is 0.254 e. The molecule has 0 aliphatic heterocycles. The van der Waals surface area contributed by atoms with Gasteiger partial charge >= 0.3 is 0 Å². The van der Waals surface area contributed by atoms with Crippen molar-refractivity contribution in [3.63, 3.8) is 0 Å². The van der Waals surface area contributed by atoms with Gasteiger partial charge < -0.3 is 4.90 Å². The van der Waals surface area contributed by atoms with Crippen molar-refractivity contribution in [3.8, 4) is 0 Å². The van der Waals surface area contributed by atoms with Crippen LogP contribution in [0.15, 0.2) is 35.3 Å². The molecule has 1 amide bonds. The van der Waals surface area contributed by atoms with E-state index in [1.807, 2.05) is 30.0 Å². The lowest BCUT2D eigenvalue weighted by molar-refractivity contribution is 0.0762. The number of carbonyl (C=O) groups excluding carboxylic acids is 1. The fourth-order valence-corrected chi connectivity index (χ4v) is 2.56. The van der Waals surface area contributed by atoms with Gasteiger partial charge in [-0.25, -0.2) is 0 Å². The highest BCUT2D eigenvalue weighted by Crippen LogP contribution is 2.28. The standard InChI is InChI=1S/C14H16BrNO/c1-3-6-16(13-4-5-13)14(17)11-7-10(2)8-12(15)9-11/h3,7-9,13H,1,4-6H2,2H3. The van der Waals surface area contributed by atoms with Crippen molar-refractivity contribution >= 4 is 21.8 Å². The minimum atomic E-state index is 0.108. The highest BCUT2D eigenvalue weighted by Gasteiger charge is 2.32. The van der Waals surface area contributed by atoms with E-state index >= 15 is 0 Å². The second-order valence-corrected chi connectivity index (χ2v) is 5.41. The van der Waals surface area contributed by atoms with Gasteiger partial charge in [0.15, 0.2) is 0 Å². The van der Waals surface area contributed by atoms with Gasteiger partial charge in [0.2, 0.25) is 0 Å². The molecule has 1 saturated carbocycles. The van der Waals surface area contributed by atoms with Crippen LogP contribution in [0.1, 0.15) is 28.8 Å². The third-order valence-corrected chi connectivity index (χ3v) is 3.32. The molecule has 0 spiro atoms. The molecule has 0 unspecified atom stereocenters. The molecule has 0 aromatic heterocycles. The van der Waals surface area contributed by atoms with E-state index in [-0.39, 0.29) is 5.91 Å². The minimum absolute atomic E-state index is 0.108. The molecule has 17 heavy (non-hydrogen) atoms. The molecule has 0 radical (unpaired) electrons. The first kappa shape index (κ1) is 12.4. The van der Waals surface area contributed by atoms with Gasteiger partial charge in [0.1, 0.15) is 0 Å². The number of carbonyl (C=O) groups is 1. The first-order chi connectivity index (χ1) is 8.11. The normalized spacial score (nSPS) is 14.5. The zero-order valence-corrected chi connectivity index (χ0v) is 11.5. The fourth-order valence-electron chi connectivity index (χ4n) is 1.95. The Bertz CT molecular complexity index is 431. The predicted octanol–water partition coefficient (Wildman–Crippen LogP) is 3.55. The Morgan fingerprint density at radius 1 is 1.53 bits per heavy atom. The van der Waals surface area contributed by atoms with E-state index in [0.717, 1.165) is 28.4 Å². The molecule has 0 heterocycles. The van der Waals surface area contributed by atoms with Gasteiger partial charge in [0.25, 0.3) is 5.91 Å². The van der Waals surface area contributed by atoms with Gasteiger partial charge in [0.05, 0.1) is 0 Å². The summed E-state index contributed by atoms with van der Waals surface area (Å²) in [4.78, 5) is 14.3. The van der Waals surface area contributed by atoms with Crippen molar-refractivity contribution in [2.45, 2.75) is 25.8 Å². The zero-order chi connectivity index (χ0) is 12.4. The topological polar surface area (TPSA) is 20.3 Å². The Hall–Kier alpha value is -1.09. The average molecular weight is 294 g/mol. The van der Waals surface area contributed by atoms with Crippen LogP contribution in [-0.4, -0.2) is 23.4 Å². The maximum atomic E-state index is 12.4. The van der Waals surface area contributed by atoms with E-state index in [0.29, 0.717) is 12.6 Å². The summed E-state index contributed by atoms with van der Waals surface area (Å²) in [6, 6.07) is 6.24. The molecule has 2 nitrogen and oxygen atoms in total. The Balaban J connectivity index is 2.24. The van der Waals surface area contributed by atoms with Crippen LogP contribution in [0.2, 0.25) is 0 Å². The first-order valence-corrected chi connectivity index (χ1v) is 6.60. The molecule has 2 rings (SSSR count). The molecule has 1 aliphatic carbocycles. The average Bonchev–Trinajstić information content (AvgIpc) is 3.07. The van der Waals surface area contributed by atoms with Crippen LogP contribution in [-0.2, 0) is 0 Å². The molecule has 1 aliphatic rings. The van der Waals surface area contributed by atoms with Gasteiger partial charge in [0, 0.05) is 22.6 Å². The lowest BCUT2D eigenvalue weighted by Gasteiger charge is -2.21. The van der Waals surface area contributed by atoms with Crippen molar-refractivity contribution < 1.29 is 4.79 Å². The Labute approximate surface area is 110 Å². The molecular weight excluding hydrogens is 278 g/mol. The van der Waals surface area contributed by atoms with Gasteiger partial charge in [-0.2, -0.15) is 0 Å². The molecule has 1 fully saturated rings. The predicted molar refractivity (Wildman–Crippen MR) is 73.1 cm³/mol. The lowest BCUT2D eigenvalue weighted by Crippen LogP contribution is -2.33. The van der Waals surface area contributed by atoms with Gasteiger partial charge in [-0.3, -0.25) is 4.79 Å². The Morgan fingerprint density at radius 3 is 2.76 bits per heavy atom. The summed E-state index contributed by atoms with van der Waals surface area (Å²) in [6.45, 7) is 6.35. The van der Waals surface area contributed by atoms with Crippen molar-refractivity contribution in [1.82, 2.24) is 4.90 Å². The van der Waals surface area contributed by atoms with Crippen LogP contribution >= 0.6 is 15.9 Å². The van der Waals surface area contributed by atoms with E-state index < -0.39 is 0 Å². The number of benzene rings is 1. The molecular formula is C14H16BrNO.